The first-order chi connectivity index (χ1) is 9.28. The third kappa shape index (κ3) is 3.62. The molecule has 0 bridgehead atoms. The summed E-state index contributed by atoms with van der Waals surface area (Å²) in [5.74, 6) is 0.187. The molecule has 0 aliphatic heterocycles. The van der Waals surface area contributed by atoms with Crippen molar-refractivity contribution in [3.05, 3.63) is 28.4 Å². The van der Waals surface area contributed by atoms with Crippen LogP contribution in [0.5, 0.6) is 5.75 Å². The Morgan fingerprint density at radius 1 is 1.40 bits per heavy atom. The minimum absolute atomic E-state index is 0.187. The number of halogens is 1. The van der Waals surface area contributed by atoms with E-state index in [9.17, 15) is 4.57 Å². The molecule has 8 heteroatoms. The van der Waals surface area contributed by atoms with E-state index in [1.54, 1.807) is 12.1 Å². The lowest BCUT2D eigenvalue weighted by Crippen LogP contribution is -2.14. The smallest absolute Gasteiger partial charge is 0.404 e. The summed E-state index contributed by atoms with van der Waals surface area (Å²) >= 11 is 3.41. The van der Waals surface area contributed by atoms with Gasteiger partial charge in [-0.25, -0.2) is 4.57 Å². The van der Waals surface area contributed by atoms with Gasteiger partial charge in [-0.1, -0.05) is 0 Å². The van der Waals surface area contributed by atoms with Gasteiger partial charge in [-0.15, -0.1) is 0 Å². The Kier molecular flexibility index (Phi) is 4.56. The van der Waals surface area contributed by atoms with Crippen LogP contribution in [0, 0.1) is 0 Å². The zero-order valence-corrected chi connectivity index (χ0v) is 13.6. The molecule has 20 heavy (non-hydrogen) atoms. The number of nitrogens with zero attached hydrogens (tertiary/aromatic N) is 1. The van der Waals surface area contributed by atoms with Gasteiger partial charge in [0.1, 0.15) is 5.75 Å². The number of nitrogens with one attached hydrogen (secondary N) is 1. The summed E-state index contributed by atoms with van der Waals surface area (Å²) in [6.45, 7) is 0.828. The molecule has 0 saturated heterocycles. The molecule has 0 unspecified atom stereocenters. The van der Waals surface area contributed by atoms with Crippen molar-refractivity contribution >= 4 is 34.7 Å². The molecule has 2 rings (SSSR count). The van der Waals surface area contributed by atoms with E-state index in [-0.39, 0.29) is 5.75 Å². The third-order valence-corrected chi connectivity index (χ3v) is 3.97. The summed E-state index contributed by atoms with van der Waals surface area (Å²) in [6.07, 6.45) is 2.59. The summed E-state index contributed by atoms with van der Waals surface area (Å²) in [5, 5.41) is 0.699. The normalized spacial score (nSPS) is 12.3. The Bertz CT molecular complexity index is 665. The molecule has 2 aromatic rings. The number of fused-ring (bicyclic) bond motifs is 1. The first kappa shape index (κ1) is 15.5. The molecule has 3 N–H and O–H groups in total. The van der Waals surface area contributed by atoms with E-state index in [1.165, 1.54) is 0 Å². The highest BCUT2D eigenvalue weighted by Gasteiger charge is 2.20. The number of benzene rings is 1. The molecular formula is C12H16BrN2O4P. The standard InChI is InChI=1S/C12H16BrN2O4P/c1-15(2)6-5-8-7-14-12-9(13)3-4-10(11(8)12)19-20(16,17)18/h3-4,7,14H,5-6H2,1-2H3,(H2,16,17,18). The number of phosphoric ester groups is 1. The Morgan fingerprint density at radius 3 is 2.70 bits per heavy atom. The monoisotopic (exact) mass is 362 g/mol. The second-order valence-electron chi connectivity index (χ2n) is 4.74. The highest BCUT2D eigenvalue weighted by atomic mass is 79.9. The number of hydrogen-bond donors (Lipinski definition) is 3. The van der Waals surface area contributed by atoms with Gasteiger partial charge in [0, 0.05) is 22.6 Å². The maximum absolute atomic E-state index is 11.1. The van der Waals surface area contributed by atoms with Crippen molar-refractivity contribution in [3.63, 3.8) is 0 Å². The molecule has 0 radical (unpaired) electrons. The van der Waals surface area contributed by atoms with E-state index in [0.717, 1.165) is 28.5 Å². The Hall–Kier alpha value is -0.850. The minimum Gasteiger partial charge on any atom is -0.404 e. The number of rotatable bonds is 5. The second kappa shape index (κ2) is 5.87. The summed E-state index contributed by atoms with van der Waals surface area (Å²) in [6, 6.07) is 3.25. The lowest BCUT2D eigenvalue weighted by molar-refractivity contribution is 0.284. The van der Waals surface area contributed by atoms with Crippen LogP contribution in [-0.2, 0) is 11.0 Å². The van der Waals surface area contributed by atoms with Crippen LogP contribution in [0.3, 0.4) is 0 Å². The number of aromatic amines is 1. The van der Waals surface area contributed by atoms with Crippen molar-refractivity contribution in [1.29, 1.82) is 0 Å². The predicted octanol–water partition coefficient (Wildman–Crippen LogP) is 2.51. The van der Waals surface area contributed by atoms with Gasteiger partial charge < -0.3 is 14.4 Å². The quantitative estimate of drug-likeness (QED) is 0.711. The van der Waals surface area contributed by atoms with Gasteiger partial charge in [0.2, 0.25) is 0 Å². The van der Waals surface area contributed by atoms with Crippen molar-refractivity contribution in [1.82, 2.24) is 9.88 Å². The van der Waals surface area contributed by atoms with Gasteiger partial charge in [-0.05, 0) is 54.1 Å². The van der Waals surface area contributed by atoms with Gasteiger partial charge >= 0.3 is 7.82 Å². The molecule has 6 nitrogen and oxygen atoms in total. The number of phosphoric acid groups is 1. The van der Waals surface area contributed by atoms with E-state index in [1.807, 2.05) is 25.2 Å². The van der Waals surface area contributed by atoms with Crippen LogP contribution in [0.1, 0.15) is 5.56 Å². The van der Waals surface area contributed by atoms with Crippen LogP contribution in [0.2, 0.25) is 0 Å². The van der Waals surface area contributed by atoms with Crippen molar-refractivity contribution in [2.45, 2.75) is 6.42 Å². The van der Waals surface area contributed by atoms with E-state index >= 15 is 0 Å². The number of H-pyrrole nitrogens is 1. The number of aromatic nitrogens is 1. The Morgan fingerprint density at radius 2 is 2.10 bits per heavy atom. The topological polar surface area (TPSA) is 85.8 Å². The van der Waals surface area contributed by atoms with Crippen LogP contribution in [0.25, 0.3) is 10.9 Å². The summed E-state index contributed by atoms with van der Waals surface area (Å²) in [4.78, 5) is 23.2. The SMILES string of the molecule is CN(C)CCc1c[nH]c2c(Br)ccc(OP(=O)(O)O)c12. The minimum atomic E-state index is -4.58. The predicted molar refractivity (Wildman–Crippen MR) is 80.9 cm³/mol. The van der Waals surface area contributed by atoms with Gasteiger partial charge in [-0.2, -0.15) is 0 Å². The average molecular weight is 363 g/mol. The van der Waals surface area contributed by atoms with E-state index in [0.29, 0.717) is 5.39 Å². The highest BCUT2D eigenvalue weighted by molar-refractivity contribution is 9.10. The van der Waals surface area contributed by atoms with Gasteiger partial charge in [0.25, 0.3) is 0 Å². The van der Waals surface area contributed by atoms with E-state index < -0.39 is 7.82 Å². The lowest BCUT2D eigenvalue weighted by Gasteiger charge is -2.12. The molecule has 0 spiro atoms. The van der Waals surface area contributed by atoms with Crippen LogP contribution in [0.15, 0.2) is 22.8 Å². The summed E-state index contributed by atoms with van der Waals surface area (Å²) < 4.78 is 16.7. The van der Waals surface area contributed by atoms with Crippen LogP contribution in [0.4, 0.5) is 0 Å². The maximum Gasteiger partial charge on any atom is 0.524 e. The van der Waals surface area contributed by atoms with Crippen LogP contribution < -0.4 is 4.52 Å². The van der Waals surface area contributed by atoms with Crippen molar-refractivity contribution in [3.8, 4) is 5.75 Å². The second-order valence-corrected chi connectivity index (χ2v) is 6.76. The number of likely N-dealkylation sites (N-methyl/N-ethyl adjacent to an activating group) is 1. The molecule has 1 heterocycles. The largest absolute Gasteiger partial charge is 0.524 e. The summed E-state index contributed by atoms with van der Waals surface area (Å²) in [7, 11) is -0.640. The molecule has 1 aromatic carbocycles. The molecule has 0 atom stereocenters. The zero-order chi connectivity index (χ0) is 14.9. The molecule has 0 amide bonds. The lowest BCUT2D eigenvalue weighted by atomic mass is 10.1. The highest BCUT2D eigenvalue weighted by Crippen LogP contribution is 2.43. The van der Waals surface area contributed by atoms with Crippen molar-refractivity contribution < 1.29 is 18.9 Å². The molecule has 110 valence electrons. The van der Waals surface area contributed by atoms with Crippen LogP contribution in [-0.4, -0.2) is 40.3 Å². The van der Waals surface area contributed by atoms with Gasteiger partial charge in [-0.3, -0.25) is 9.79 Å². The fraction of sp³-hybridized carbons (Fsp3) is 0.333. The molecule has 0 fully saturated rings. The molecular weight excluding hydrogens is 347 g/mol. The van der Waals surface area contributed by atoms with E-state index in [4.69, 9.17) is 14.3 Å². The third-order valence-electron chi connectivity index (χ3n) is 2.87. The first-order valence-electron chi connectivity index (χ1n) is 5.96. The van der Waals surface area contributed by atoms with Gasteiger partial charge in [0.15, 0.2) is 0 Å². The molecule has 0 aliphatic carbocycles. The van der Waals surface area contributed by atoms with Crippen LogP contribution >= 0.6 is 23.8 Å². The fourth-order valence-corrected chi connectivity index (χ4v) is 2.85. The average Bonchev–Trinajstić information content (AvgIpc) is 2.73. The number of hydrogen-bond acceptors (Lipinski definition) is 3. The Labute approximate surface area is 125 Å². The molecule has 0 saturated carbocycles. The van der Waals surface area contributed by atoms with E-state index in [2.05, 4.69) is 20.9 Å². The first-order valence-corrected chi connectivity index (χ1v) is 8.28. The zero-order valence-electron chi connectivity index (χ0n) is 11.1. The maximum atomic E-state index is 11.1. The molecule has 1 aromatic heterocycles. The van der Waals surface area contributed by atoms with Gasteiger partial charge in [0.05, 0.1) is 5.52 Å². The summed E-state index contributed by atoms with van der Waals surface area (Å²) in [5.41, 5.74) is 1.73. The molecule has 0 aliphatic rings. The Balaban J connectivity index is 2.49. The van der Waals surface area contributed by atoms with Crippen molar-refractivity contribution in [2.24, 2.45) is 0 Å². The van der Waals surface area contributed by atoms with Crippen molar-refractivity contribution in [2.75, 3.05) is 20.6 Å². The fourth-order valence-electron chi connectivity index (χ4n) is 1.99.